The number of nitrogens with two attached hydrogens (primary N) is 1. The Morgan fingerprint density at radius 1 is 1.33 bits per heavy atom. The lowest BCUT2D eigenvalue weighted by atomic mass is 10.1. The standard InChI is InChI=1S/C11H12N2S2/c1-8(12)9-2-4-10(5-3-9)15-11-13-6-7-14-11/h2-8H,12H2,1H3/t8-/m0/s1. The van der Waals surface area contributed by atoms with Gasteiger partial charge >= 0.3 is 0 Å². The van der Waals surface area contributed by atoms with E-state index in [1.54, 1.807) is 23.1 Å². The van der Waals surface area contributed by atoms with Gasteiger partial charge in [0.25, 0.3) is 0 Å². The van der Waals surface area contributed by atoms with Gasteiger partial charge in [0.2, 0.25) is 0 Å². The summed E-state index contributed by atoms with van der Waals surface area (Å²) in [4.78, 5) is 5.43. The largest absolute Gasteiger partial charge is 0.324 e. The van der Waals surface area contributed by atoms with Gasteiger partial charge in [0, 0.05) is 22.5 Å². The third-order valence-corrected chi connectivity index (χ3v) is 3.91. The van der Waals surface area contributed by atoms with E-state index in [0.29, 0.717) is 0 Å². The van der Waals surface area contributed by atoms with Gasteiger partial charge in [-0.25, -0.2) is 4.98 Å². The number of nitrogens with zero attached hydrogens (tertiary/aromatic N) is 1. The van der Waals surface area contributed by atoms with Crippen LogP contribution < -0.4 is 5.73 Å². The molecule has 0 aliphatic carbocycles. The normalized spacial score (nSPS) is 12.7. The number of aromatic nitrogens is 1. The van der Waals surface area contributed by atoms with Crippen LogP contribution in [0.2, 0.25) is 0 Å². The molecule has 2 rings (SSSR count). The first-order valence-corrected chi connectivity index (χ1v) is 6.38. The van der Waals surface area contributed by atoms with Crippen LogP contribution in [0.15, 0.2) is 45.1 Å². The van der Waals surface area contributed by atoms with Gasteiger partial charge in [-0.2, -0.15) is 0 Å². The van der Waals surface area contributed by atoms with Crippen molar-refractivity contribution in [1.82, 2.24) is 4.98 Å². The highest BCUT2D eigenvalue weighted by Gasteiger charge is 2.01. The Morgan fingerprint density at radius 2 is 2.07 bits per heavy atom. The van der Waals surface area contributed by atoms with Crippen LogP contribution in [0, 0.1) is 0 Å². The molecule has 0 radical (unpaired) electrons. The lowest BCUT2D eigenvalue weighted by Gasteiger charge is -2.05. The molecule has 78 valence electrons. The van der Waals surface area contributed by atoms with Crippen LogP contribution >= 0.6 is 23.1 Å². The van der Waals surface area contributed by atoms with Gasteiger partial charge in [-0.3, -0.25) is 0 Å². The monoisotopic (exact) mass is 236 g/mol. The van der Waals surface area contributed by atoms with Gasteiger partial charge < -0.3 is 5.73 Å². The van der Waals surface area contributed by atoms with E-state index < -0.39 is 0 Å². The molecule has 0 spiro atoms. The first-order chi connectivity index (χ1) is 7.25. The SMILES string of the molecule is C[C@H](N)c1ccc(Sc2nccs2)cc1. The Kier molecular flexibility index (Phi) is 3.41. The highest BCUT2D eigenvalue weighted by atomic mass is 32.2. The molecular formula is C11H12N2S2. The highest BCUT2D eigenvalue weighted by molar-refractivity contribution is 8.01. The van der Waals surface area contributed by atoms with Gasteiger partial charge in [-0.1, -0.05) is 23.9 Å². The first-order valence-electron chi connectivity index (χ1n) is 4.68. The Hall–Kier alpha value is -0.840. The first kappa shape index (κ1) is 10.7. The number of hydrogen-bond acceptors (Lipinski definition) is 4. The lowest BCUT2D eigenvalue weighted by molar-refractivity contribution is 0.817. The molecule has 2 aromatic rings. The third kappa shape index (κ3) is 2.81. The molecule has 0 saturated heterocycles. The topological polar surface area (TPSA) is 38.9 Å². The van der Waals surface area contributed by atoms with Crippen molar-refractivity contribution in [3.63, 3.8) is 0 Å². The van der Waals surface area contributed by atoms with Crippen LogP contribution in [-0.2, 0) is 0 Å². The maximum atomic E-state index is 5.78. The molecule has 0 amide bonds. The molecular weight excluding hydrogens is 224 g/mol. The lowest BCUT2D eigenvalue weighted by Crippen LogP contribution is -2.04. The van der Waals surface area contributed by atoms with Crippen molar-refractivity contribution in [3.05, 3.63) is 41.4 Å². The van der Waals surface area contributed by atoms with E-state index in [2.05, 4.69) is 29.2 Å². The summed E-state index contributed by atoms with van der Waals surface area (Å²) in [6, 6.07) is 8.42. The summed E-state index contributed by atoms with van der Waals surface area (Å²) in [5.41, 5.74) is 6.95. The molecule has 1 aromatic heterocycles. The van der Waals surface area contributed by atoms with E-state index >= 15 is 0 Å². The van der Waals surface area contributed by atoms with E-state index in [4.69, 9.17) is 5.73 Å². The number of rotatable bonds is 3. The van der Waals surface area contributed by atoms with Crippen molar-refractivity contribution in [2.45, 2.75) is 22.2 Å². The van der Waals surface area contributed by atoms with Crippen molar-refractivity contribution in [2.24, 2.45) is 5.73 Å². The van der Waals surface area contributed by atoms with Crippen LogP contribution in [0.3, 0.4) is 0 Å². The van der Waals surface area contributed by atoms with E-state index in [1.165, 1.54) is 10.5 Å². The zero-order valence-electron chi connectivity index (χ0n) is 8.38. The second-order valence-corrected chi connectivity index (χ2v) is 5.47. The van der Waals surface area contributed by atoms with E-state index in [0.717, 1.165) is 4.34 Å². The van der Waals surface area contributed by atoms with Crippen LogP contribution in [0.25, 0.3) is 0 Å². The van der Waals surface area contributed by atoms with Crippen molar-refractivity contribution in [3.8, 4) is 0 Å². The van der Waals surface area contributed by atoms with Crippen molar-refractivity contribution >= 4 is 23.1 Å². The number of benzene rings is 1. The van der Waals surface area contributed by atoms with Crippen molar-refractivity contribution in [2.75, 3.05) is 0 Å². The minimum atomic E-state index is 0.101. The molecule has 0 unspecified atom stereocenters. The van der Waals surface area contributed by atoms with E-state index in [-0.39, 0.29) is 6.04 Å². The summed E-state index contributed by atoms with van der Waals surface area (Å²) < 4.78 is 1.07. The molecule has 0 aliphatic heterocycles. The zero-order valence-corrected chi connectivity index (χ0v) is 10.0. The summed E-state index contributed by atoms with van der Waals surface area (Å²) in [6.07, 6.45) is 1.82. The molecule has 0 aliphatic rings. The quantitative estimate of drug-likeness (QED) is 0.888. The van der Waals surface area contributed by atoms with Gasteiger partial charge in [0.15, 0.2) is 4.34 Å². The summed E-state index contributed by atoms with van der Waals surface area (Å²) >= 11 is 3.34. The van der Waals surface area contributed by atoms with Crippen LogP contribution in [0.4, 0.5) is 0 Å². The zero-order chi connectivity index (χ0) is 10.7. The molecule has 2 nitrogen and oxygen atoms in total. The van der Waals surface area contributed by atoms with Gasteiger partial charge in [-0.05, 0) is 24.6 Å². The summed E-state index contributed by atoms with van der Waals surface area (Å²) in [7, 11) is 0. The minimum Gasteiger partial charge on any atom is -0.324 e. The van der Waals surface area contributed by atoms with Crippen LogP contribution in [0.1, 0.15) is 18.5 Å². The molecule has 1 aromatic carbocycles. The predicted octanol–water partition coefficient (Wildman–Crippen LogP) is 3.31. The molecule has 0 fully saturated rings. The molecule has 4 heteroatoms. The summed E-state index contributed by atoms with van der Waals surface area (Å²) in [6.45, 7) is 1.99. The van der Waals surface area contributed by atoms with Gasteiger partial charge in [-0.15, -0.1) is 11.3 Å². The molecule has 0 bridgehead atoms. The second kappa shape index (κ2) is 4.79. The smallest absolute Gasteiger partial charge is 0.154 e. The maximum Gasteiger partial charge on any atom is 0.154 e. The molecule has 0 saturated carbocycles. The maximum absolute atomic E-state index is 5.78. The number of thiazole rings is 1. The molecule has 1 atom stereocenters. The fourth-order valence-electron chi connectivity index (χ4n) is 1.20. The average Bonchev–Trinajstić information content (AvgIpc) is 2.71. The predicted molar refractivity (Wildman–Crippen MR) is 65.3 cm³/mol. The third-order valence-electron chi connectivity index (χ3n) is 2.02. The average molecular weight is 236 g/mol. The van der Waals surface area contributed by atoms with E-state index in [9.17, 15) is 0 Å². The minimum absolute atomic E-state index is 0.101. The molecule has 2 N–H and O–H groups in total. The highest BCUT2D eigenvalue weighted by Crippen LogP contribution is 2.29. The Labute approximate surface area is 97.5 Å². The Morgan fingerprint density at radius 3 is 2.60 bits per heavy atom. The molecule has 15 heavy (non-hydrogen) atoms. The van der Waals surface area contributed by atoms with Crippen molar-refractivity contribution in [1.29, 1.82) is 0 Å². The Bertz CT molecular complexity index is 407. The van der Waals surface area contributed by atoms with Crippen LogP contribution in [0.5, 0.6) is 0 Å². The molecule has 1 heterocycles. The van der Waals surface area contributed by atoms with Crippen LogP contribution in [-0.4, -0.2) is 4.98 Å². The summed E-state index contributed by atoms with van der Waals surface area (Å²) in [5.74, 6) is 0. The fourth-order valence-corrected chi connectivity index (χ4v) is 2.80. The van der Waals surface area contributed by atoms with E-state index in [1.807, 2.05) is 18.5 Å². The fraction of sp³-hybridized carbons (Fsp3) is 0.182. The second-order valence-electron chi connectivity index (χ2n) is 3.26. The van der Waals surface area contributed by atoms with Gasteiger partial charge in [0.1, 0.15) is 0 Å². The Balaban J connectivity index is 2.11. The van der Waals surface area contributed by atoms with Gasteiger partial charge in [0.05, 0.1) is 0 Å². The summed E-state index contributed by atoms with van der Waals surface area (Å²) in [5, 5.41) is 1.98. The van der Waals surface area contributed by atoms with Crippen molar-refractivity contribution < 1.29 is 0 Å². The number of hydrogen-bond donors (Lipinski definition) is 1.